The van der Waals surface area contributed by atoms with Crippen LogP contribution in [0.2, 0.25) is 0 Å². The fraction of sp³-hybridized carbons (Fsp3) is 0.615. The Balaban J connectivity index is 3.24. The lowest BCUT2D eigenvalue weighted by Crippen LogP contribution is -1.83. The van der Waals surface area contributed by atoms with Gasteiger partial charge in [0.15, 0.2) is 0 Å². The first-order valence-corrected chi connectivity index (χ1v) is 5.38. The van der Waals surface area contributed by atoms with Gasteiger partial charge in [-0.2, -0.15) is 0 Å². The van der Waals surface area contributed by atoms with E-state index < -0.39 is 0 Å². The summed E-state index contributed by atoms with van der Waals surface area (Å²) in [5, 5.41) is 0. The van der Waals surface area contributed by atoms with Gasteiger partial charge in [-0.05, 0) is 31.6 Å². The van der Waals surface area contributed by atoms with Crippen molar-refractivity contribution in [1.82, 2.24) is 0 Å². The maximum absolute atomic E-state index is 3.80. The van der Waals surface area contributed by atoms with E-state index >= 15 is 0 Å². The van der Waals surface area contributed by atoms with Crippen LogP contribution >= 0.6 is 0 Å². The molecular formula is C13H23. The lowest BCUT2D eigenvalue weighted by molar-refractivity contribution is 0.594. The molecule has 0 heterocycles. The molecule has 75 valence electrons. The third kappa shape index (κ3) is 11.5. The minimum absolute atomic E-state index is 0.819. The van der Waals surface area contributed by atoms with Gasteiger partial charge in [0, 0.05) is 0 Å². The summed E-state index contributed by atoms with van der Waals surface area (Å²) in [5.41, 5.74) is 0. The first-order chi connectivity index (χ1) is 6.27. The summed E-state index contributed by atoms with van der Waals surface area (Å²) >= 11 is 0. The molecular weight excluding hydrogens is 156 g/mol. The number of hydrogen-bond donors (Lipinski definition) is 0. The molecule has 0 amide bonds. The van der Waals surface area contributed by atoms with E-state index in [4.69, 9.17) is 0 Å². The zero-order chi connectivity index (χ0) is 9.94. The van der Waals surface area contributed by atoms with Crippen LogP contribution < -0.4 is 0 Å². The highest BCUT2D eigenvalue weighted by Gasteiger charge is 1.88. The third-order valence-electron chi connectivity index (χ3n) is 1.91. The Bertz CT molecular complexity index is 140. The first kappa shape index (κ1) is 12.5. The predicted octanol–water partition coefficient (Wildman–Crippen LogP) is 4.54. The maximum Gasteiger partial charge on any atom is -0.0345 e. The third-order valence-corrected chi connectivity index (χ3v) is 1.91. The SMILES string of the molecule is [CH2]CCCC=CC=CCCC(C)C. The lowest BCUT2D eigenvalue weighted by Gasteiger charge is -1.97. The van der Waals surface area contributed by atoms with Gasteiger partial charge < -0.3 is 0 Å². The summed E-state index contributed by atoms with van der Waals surface area (Å²) in [4.78, 5) is 0. The maximum atomic E-state index is 3.80. The fourth-order valence-corrected chi connectivity index (χ4v) is 1.04. The topological polar surface area (TPSA) is 0 Å². The molecule has 13 heavy (non-hydrogen) atoms. The van der Waals surface area contributed by atoms with Crippen molar-refractivity contribution in [2.75, 3.05) is 0 Å². The molecule has 0 saturated heterocycles. The lowest BCUT2D eigenvalue weighted by atomic mass is 10.1. The van der Waals surface area contributed by atoms with E-state index in [0.717, 1.165) is 18.8 Å². The molecule has 0 fully saturated rings. The van der Waals surface area contributed by atoms with Gasteiger partial charge in [-0.3, -0.25) is 0 Å². The van der Waals surface area contributed by atoms with E-state index in [9.17, 15) is 0 Å². The molecule has 0 bridgehead atoms. The Morgan fingerprint density at radius 3 is 2.23 bits per heavy atom. The van der Waals surface area contributed by atoms with Crippen molar-refractivity contribution in [2.24, 2.45) is 5.92 Å². The van der Waals surface area contributed by atoms with Crippen molar-refractivity contribution in [2.45, 2.75) is 46.0 Å². The second kappa shape index (κ2) is 9.57. The fourth-order valence-electron chi connectivity index (χ4n) is 1.04. The van der Waals surface area contributed by atoms with Crippen molar-refractivity contribution in [3.8, 4) is 0 Å². The molecule has 0 N–H and O–H groups in total. The molecule has 0 rings (SSSR count). The highest BCUT2D eigenvalue weighted by molar-refractivity contribution is 5.02. The minimum Gasteiger partial charge on any atom is -0.0845 e. The highest BCUT2D eigenvalue weighted by Crippen LogP contribution is 2.03. The van der Waals surface area contributed by atoms with Crippen LogP contribution in [0.1, 0.15) is 46.0 Å². The first-order valence-electron chi connectivity index (χ1n) is 5.38. The van der Waals surface area contributed by atoms with Crippen molar-refractivity contribution in [1.29, 1.82) is 0 Å². The van der Waals surface area contributed by atoms with Crippen LogP contribution in [0.5, 0.6) is 0 Å². The van der Waals surface area contributed by atoms with E-state index in [0.29, 0.717) is 0 Å². The molecule has 0 aromatic heterocycles. The number of hydrogen-bond acceptors (Lipinski definition) is 0. The monoisotopic (exact) mass is 179 g/mol. The molecule has 0 atom stereocenters. The van der Waals surface area contributed by atoms with E-state index in [-0.39, 0.29) is 0 Å². The van der Waals surface area contributed by atoms with Crippen LogP contribution in [0, 0.1) is 12.8 Å². The molecule has 0 heteroatoms. The van der Waals surface area contributed by atoms with Crippen molar-refractivity contribution < 1.29 is 0 Å². The normalized spacial score (nSPS) is 12.3. The molecule has 0 aliphatic rings. The van der Waals surface area contributed by atoms with Gasteiger partial charge in [0.05, 0.1) is 0 Å². The van der Waals surface area contributed by atoms with Gasteiger partial charge in [-0.1, -0.05) is 51.5 Å². The Hall–Kier alpha value is -0.520. The second-order valence-electron chi connectivity index (χ2n) is 3.82. The van der Waals surface area contributed by atoms with Crippen LogP contribution in [0.25, 0.3) is 0 Å². The van der Waals surface area contributed by atoms with Gasteiger partial charge in [0.1, 0.15) is 0 Å². The van der Waals surface area contributed by atoms with Crippen LogP contribution in [-0.4, -0.2) is 0 Å². The van der Waals surface area contributed by atoms with Crippen molar-refractivity contribution >= 4 is 0 Å². The summed E-state index contributed by atoms with van der Waals surface area (Å²) in [6.07, 6.45) is 14.7. The molecule has 0 unspecified atom stereocenters. The van der Waals surface area contributed by atoms with E-state index in [1.165, 1.54) is 19.3 Å². The minimum atomic E-state index is 0.819. The predicted molar refractivity (Wildman–Crippen MR) is 61.6 cm³/mol. The number of rotatable bonds is 7. The zero-order valence-corrected chi connectivity index (χ0v) is 9.13. The summed E-state index contributed by atoms with van der Waals surface area (Å²) in [5.74, 6) is 0.819. The van der Waals surface area contributed by atoms with Gasteiger partial charge in [0.2, 0.25) is 0 Å². The Morgan fingerprint density at radius 2 is 1.69 bits per heavy atom. The average Bonchev–Trinajstić information content (AvgIpc) is 2.09. The summed E-state index contributed by atoms with van der Waals surface area (Å²) in [6.45, 7) is 8.32. The van der Waals surface area contributed by atoms with Crippen LogP contribution in [0.15, 0.2) is 24.3 Å². The number of allylic oxidation sites excluding steroid dienone is 4. The van der Waals surface area contributed by atoms with E-state index in [1.807, 2.05) is 0 Å². The second-order valence-corrected chi connectivity index (χ2v) is 3.82. The summed E-state index contributed by atoms with van der Waals surface area (Å²) < 4.78 is 0. The Labute approximate surface area is 83.7 Å². The summed E-state index contributed by atoms with van der Waals surface area (Å²) in [6, 6.07) is 0. The van der Waals surface area contributed by atoms with Crippen LogP contribution in [-0.2, 0) is 0 Å². The Kier molecular flexibility index (Phi) is 9.18. The molecule has 0 aliphatic heterocycles. The van der Waals surface area contributed by atoms with Crippen molar-refractivity contribution in [3.63, 3.8) is 0 Å². The molecule has 0 aromatic rings. The average molecular weight is 179 g/mol. The molecule has 0 spiro atoms. The molecule has 0 saturated carbocycles. The van der Waals surface area contributed by atoms with Gasteiger partial charge in [-0.25, -0.2) is 0 Å². The molecule has 0 aromatic carbocycles. The quantitative estimate of drug-likeness (QED) is 0.397. The zero-order valence-electron chi connectivity index (χ0n) is 9.13. The van der Waals surface area contributed by atoms with Gasteiger partial charge >= 0.3 is 0 Å². The largest absolute Gasteiger partial charge is 0.0845 e. The Morgan fingerprint density at radius 1 is 1.08 bits per heavy atom. The molecule has 0 aliphatic carbocycles. The van der Waals surface area contributed by atoms with E-state index in [1.54, 1.807) is 0 Å². The van der Waals surface area contributed by atoms with Gasteiger partial charge in [-0.15, -0.1) is 0 Å². The smallest absolute Gasteiger partial charge is 0.0345 e. The summed E-state index contributed by atoms with van der Waals surface area (Å²) in [7, 11) is 0. The number of unbranched alkanes of at least 4 members (excludes halogenated alkanes) is 2. The van der Waals surface area contributed by atoms with Crippen molar-refractivity contribution in [3.05, 3.63) is 31.2 Å². The van der Waals surface area contributed by atoms with Crippen LogP contribution in [0.4, 0.5) is 0 Å². The highest BCUT2D eigenvalue weighted by atomic mass is 13.9. The van der Waals surface area contributed by atoms with Gasteiger partial charge in [0.25, 0.3) is 0 Å². The molecule has 1 radical (unpaired) electrons. The molecule has 0 nitrogen and oxygen atoms in total. The van der Waals surface area contributed by atoms with E-state index in [2.05, 4.69) is 45.1 Å². The van der Waals surface area contributed by atoms with Crippen LogP contribution in [0.3, 0.4) is 0 Å². The standard InChI is InChI=1S/C13H23/c1-4-5-6-7-8-9-10-11-12-13(2)3/h7-10,13H,1,4-6,11-12H2,2-3H3.